The van der Waals surface area contributed by atoms with E-state index in [0.29, 0.717) is 19.3 Å². The molecule has 0 aliphatic carbocycles. The molecule has 1 aromatic rings. The molecule has 0 heterocycles. The van der Waals surface area contributed by atoms with Crippen LogP contribution in [0.5, 0.6) is 11.5 Å². The van der Waals surface area contributed by atoms with Gasteiger partial charge >= 0.3 is 0 Å². The van der Waals surface area contributed by atoms with Crippen molar-refractivity contribution >= 4 is 0 Å². The molecule has 1 aromatic carbocycles. The van der Waals surface area contributed by atoms with Crippen LogP contribution >= 0.6 is 0 Å². The van der Waals surface area contributed by atoms with Gasteiger partial charge in [0.15, 0.2) is 0 Å². The summed E-state index contributed by atoms with van der Waals surface area (Å²) in [5, 5.41) is 3.42. The first-order chi connectivity index (χ1) is 10.2. The number of nitrogens with one attached hydrogen (secondary N) is 1. The van der Waals surface area contributed by atoms with Gasteiger partial charge in [-0.3, -0.25) is 0 Å². The highest BCUT2D eigenvalue weighted by molar-refractivity contribution is 5.40. The fourth-order valence-corrected chi connectivity index (χ4v) is 1.82. The lowest BCUT2D eigenvalue weighted by Gasteiger charge is -2.15. The molecule has 4 heteroatoms. The Morgan fingerprint density at radius 2 is 1.90 bits per heavy atom. The summed E-state index contributed by atoms with van der Waals surface area (Å²) in [6.07, 6.45) is 1.88. The van der Waals surface area contributed by atoms with Gasteiger partial charge in [0, 0.05) is 44.4 Å². The van der Waals surface area contributed by atoms with Gasteiger partial charge in [-0.25, -0.2) is 0 Å². The van der Waals surface area contributed by atoms with Crippen molar-refractivity contribution in [3.05, 3.63) is 23.8 Å². The second kappa shape index (κ2) is 10.5. The molecule has 0 radical (unpaired) electrons. The van der Waals surface area contributed by atoms with Crippen LogP contribution in [-0.2, 0) is 11.3 Å². The molecule has 0 atom stereocenters. The molecule has 0 fully saturated rings. The molecule has 1 rings (SSSR count). The molecule has 0 saturated heterocycles. The van der Waals surface area contributed by atoms with Gasteiger partial charge in [0.05, 0.1) is 13.2 Å². The summed E-state index contributed by atoms with van der Waals surface area (Å²) in [5.74, 6) is 1.76. The van der Waals surface area contributed by atoms with Crippen LogP contribution in [-0.4, -0.2) is 33.0 Å². The first kappa shape index (κ1) is 17.8. The van der Waals surface area contributed by atoms with Crippen molar-refractivity contribution in [2.24, 2.45) is 0 Å². The van der Waals surface area contributed by atoms with E-state index in [2.05, 4.69) is 32.2 Å². The Morgan fingerprint density at radius 3 is 2.57 bits per heavy atom. The second-order valence-corrected chi connectivity index (χ2v) is 5.35. The second-order valence-electron chi connectivity index (χ2n) is 5.35. The van der Waals surface area contributed by atoms with Gasteiger partial charge in [-0.2, -0.15) is 0 Å². The topological polar surface area (TPSA) is 39.7 Å². The number of hydrogen-bond donors (Lipinski definition) is 1. The van der Waals surface area contributed by atoms with Gasteiger partial charge < -0.3 is 19.5 Å². The summed E-state index contributed by atoms with van der Waals surface area (Å²) < 4.78 is 16.6. The molecule has 4 nitrogen and oxygen atoms in total. The minimum Gasteiger partial charge on any atom is -0.493 e. The summed E-state index contributed by atoms with van der Waals surface area (Å²) >= 11 is 0. The standard InChI is InChI=1S/C17H29NO3/c1-5-9-20-16-8-7-15(13-18-14(2)3)17(12-16)21-11-6-10-19-4/h7-8,12,14,18H,5-6,9-11,13H2,1-4H3. The van der Waals surface area contributed by atoms with Crippen molar-refractivity contribution in [3.8, 4) is 11.5 Å². The fourth-order valence-electron chi connectivity index (χ4n) is 1.82. The Balaban J connectivity index is 2.69. The van der Waals surface area contributed by atoms with E-state index in [1.165, 1.54) is 0 Å². The van der Waals surface area contributed by atoms with Crippen molar-refractivity contribution in [1.29, 1.82) is 0 Å². The van der Waals surface area contributed by atoms with Gasteiger partial charge in [-0.05, 0) is 12.5 Å². The summed E-state index contributed by atoms with van der Waals surface area (Å²) in [6, 6.07) is 6.52. The van der Waals surface area contributed by atoms with E-state index in [1.807, 2.05) is 12.1 Å². The third-order valence-electron chi connectivity index (χ3n) is 2.96. The summed E-state index contributed by atoms with van der Waals surface area (Å²) in [4.78, 5) is 0. The van der Waals surface area contributed by atoms with Crippen molar-refractivity contribution in [3.63, 3.8) is 0 Å². The fraction of sp³-hybridized carbons (Fsp3) is 0.647. The summed E-state index contributed by atoms with van der Waals surface area (Å²) in [5.41, 5.74) is 1.16. The summed E-state index contributed by atoms with van der Waals surface area (Å²) in [6.45, 7) is 9.27. The highest BCUT2D eigenvalue weighted by Crippen LogP contribution is 2.25. The van der Waals surface area contributed by atoms with Crippen LogP contribution in [0.4, 0.5) is 0 Å². The lowest BCUT2D eigenvalue weighted by molar-refractivity contribution is 0.171. The molecule has 0 spiro atoms. The van der Waals surface area contributed by atoms with E-state index in [1.54, 1.807) is 7.11 Å². The normalized spacial score (nSPS) is 10.9. The average molecular weight is 295 g/mol. The highest BCUT2D eigenvalue weighted by atomic mass is 16.5. The molecular formula is C17H29NO3. The van der Waals surface area contributed by atoms with Gasteiger partial charge in [0.2, 0.25) is 0 Å². The Morgan fingerprint density at radius 1 is 1.10 bits per heavy atom. The van der Waals surface area contributed by atoms with Crippen LogP contribution in [0.3, 0.4) is 0 Å². The zero-order chi connectivity index (χ0) is 15.5. The molecule has 1 N–H and O–H groups in total. The van der Waals surface area contributed by atoms with E-state index in [4.69, 9.17) is 14.2 Å². The van der Waals surface area contributed by atoms with Crippen LogP contribution in [0.1, 0.15) is 39.2 Å². The number of methoxy groups -OCH3 is 1. The number of ether oxygens (including phenoxy) is 3. The van der Waals surface area contributed by atoms with Gasteiger partial charge in [-0.1, -0.05) is 26.8 Å². The van der Waals surface area contributed by atoms with E-state index in [0.717, 1.165) is 43.1 Å². The quantitative estimate of drug-likeness (QED) is 0.635. The maximum absolute atomic E-state index is 5.89. The van der Waals surface area contributed by atoms with Gasteiger partial charge in [-0.15, -0.1) is 0 Å². The third kappa shape index (κ3) is 7.34. The van der Waals surface area contributed by atoms with Crippen molar-refractivity contribution in [2.45, 2.75) is 46.2 Å². The van der Waals surface area contributed by atoms with Crippen LogP contribution < -0.4 is 14.8 Å². The Labute approximate surface area is 128 Å². The van der Waals surface area contributed by atoms with Crippen molar-refractivity contribution in [1.82, 2.24) is 5.32 Å². The number of rotatable bonds is 11. The summed E-state index contributed by atoms with van der Waals surface area (Å²) in [7, 11) is 1.71. The maximum atomic E-state index is 5.89. The maximum Gasteiger partial charge on any atom is 0.127 e. The molecule has 0 saturated carbocycles. The predicted molar refractivity (Wildman–Crippen MR) is 86.2 cm³/mol. The molecule has 21 heavy (non-hydrogen) atoms. The largest absolute Gasteiger partial charge is 0.493 e. The number of benzene rings is 1. The van der Waals surface area contributed by atoms with Crippen LogP contribution in [0.15, 0.2) is 18.2 Å². The predicted octanol–water partition coefficient (Wildman–Crippen LogP) is 3.39. The van der Waals surface area contributed by atoms with Crippen molar-refractivity contribution in [2.75, 3.05) is 26.9 Å². The van der Waals surface area contributed by atoms with Crippen molar-refractivity contribution < 1.29 is 14.2 Å². The Kier molecular flexibility index (Phi) is 8.87. The zero-order valence-corrected chi connectivity index (χ0v) is 13.8. The highest BCUT2D eigenvalue weighted by Gasteiger charge is 2.07. The monoisotopic (exact) mass is 295 g/mol. The molecule has 0 amide bonds. The zero-order valence-electron chi connectivity index (χ0n) is 13.8. The minimum absolute atomic E-state index is 0.447. The average Bonchev–Trinajstić information content (AvgIpc) is 2.48. The lowest BCUT2D eigenvalue weighted by Crippen LogP contribution is -2.22. The molecule has 0 bridgehead atoms. The first-order valence-corrected chi connectivity index (χ1v) is 7.78. The van der Waals surface area contributed by atoms with E-state index < -0.39 is 0 Å². The molecule has 0 aliphatic rings. The molecule has 0 aromatic heterocycles. The number of hydrogen-bond acceptors (Lipinski definition) is 4. The molecule has 0 unspecified atom stereocenters. The Hall–Kier alpha value is -1.26. The molecule has 0 aliphatic heterocycles. The van der Waals surface area contributed by atoms with E-state index in [-0.39, 0.29) is 0 Å². The van der Waals surface area contributed by atoms with Crippen LogP contribution in [0.2, 0.25) is 0 Å². The molecule has 120 valence electrons. The Bertz CT molecular complexity index is 394. The third-order valence-corrected chi connectivity index (χ3v) is 2.96. The van der Waals surface area contributed by atoms with Crippen LogP contribution in [0.25, 0.3) is 0 Å². The smallest absolute Gasteiger partial charge is 0.127 e. The van der Waals surface area contributed by atoms with Crippen LogP contribution in [0, 0.1) is 0 Å². The first-order valence-electron chi connectivity index (χ1n) is 7.78. The molecular weight excluding hydrogens is 266 g/mol. The minimum atomic E-state index is 0.447. The van der Waals surface area contributed by atoms with E-state index in [9.17, 15) is 0 Å². The van der Waals surface area contributed by atoms with Gasteiger partial charge in [0.25, 0.3) is 0 Å². The van der Waals surface area contributed by atoms with Gasteiger partial charge in [0.1, 0.15) is 11.5 Å². The lowest BCUT2D eigenvalue weighted by atomic mass is 10.1. The SMILES string of the molecule is CCCOc1ccc(CNC(C)C)c(OCCCOC)c1. The van der Waals surface area contributed by atoms with E-state index >= 15 is 0 Å².